The molecule has 6 heteroatoms. The van der Waals surface area contributed by atoms with Gasteiger partial charge in [-0.25, -0.2) is 0 Å². The van der Waals surface area contributed by atoms with E-state index in [1.165, 1.54) is 148 Å². The number of hydrogen-bond donors (Lipinski definition) is 0. The van der Waals surface area contributed by atoms with Crippen LogP contribution in [-0.4, -0.2) is 37.2 Å². The lowest BCUT2D eigenvalue weighted by Crippen LogP contribution is -2.30. The maximum absolute atomic E-state index is 12.9. The quantitative estimate of drug-likeness (QED) is 0.0261. The lowest BCUT2D eigenvalue weighted by atomic mass is 10.0. The van der Waals surface area contributed by atoms with Crippen LogP contribution in [-0.2, 0) is 28.6 Å². The second kappa shape index (κ2) is 64.6. The lowest BCUT2D eigenvalue weighted by Gasteiger charge is -2.18. The van der Waals surface area contributed by atoms with Crippen molar-refractivity contribution in [2.75, 3.05) is 13.2 Å². The van der Waals surface area contributed by atoms with Crippen molar-refractivity contribution in [3.63, 3.8) is 0 Å². The van der Waals surface area contributed by atoms with E-state index in [1.807, 2.05) is 0 Å². The Hall–Kier alpha value is -3.93. The number of carbonyl (C=O) groups excluding carboxylic acids is 3. The van der Waals surface area contributed by atoms with E-state index in [4.69, 9.17) is 14.2 Å². The molecule has 0 fully saturated rings. The highest BCUT2D eigenvalue weighted by Crippen LogP contribution is 2.16. The molecular formula is C71H120O6. The highest BCUT2D eigenvalue weighted by molar-refractivity contribution is 5.71. The molecule has 0 radical (unpaired) electrons. The Morgan fingerprint density at radius 1 is 0.273 bits per heavy atom. The molecule has 0 saturated heterocycles. The van der Waals surface area contributed by atoms with Gasteiger partial charge in [0.25, 0.3) is 0 Å². The Kier molecular flexibility index (Phi) is 61.3. The first kappa shape index (κ1) is 73.1. The van der Waals surface area contributed by atoms with Gasteiger partial charge >= 0.3 is 17.9 Å². The summed E-state index contributed by atoms with van der Waals surface area (Å²) >= 11 is 0. The first-order chi connectivity index (χ1) is 38.0. The van der Waals surface area contributed by atoms with E-state index < -0.39 is 6.10 Å². The predicted molar refractivity (Wildman–Crippen MR) is 334 cm³/mol. The number of rotatable bonds is 58. The lowest BCUT2D eigenvalue weighted by molar-refractivity contribution is -0.167. The SMILES string of the molecule is CC/C=C\C/C=C\C/C=C\C/C=C\CCCCCCCCCCCCC(=O)OCC(COC(=O)CCCCC/C=C\C/C=C\C/C=C\CC)OC(=O)CCCCCCCCCCCCC/C=C\C/C=C\CCCCCCC. The summed E-state index contributed by atoms with van der Waals surface area (Å²) in [5.74, 6) is -0.920. The largest absolute Gasteiger partial charge is 0.462 e. The fraction of sp³-hybridized carbons (Fsp3) is 0.704. The third kappa shape index (κ3) is 62.8. The van der Waals surface area contributed by atoms with E-state index in [2.05, 4.69) is 130 Å². The molecule has 0 aromatic carbocycles. The molecule has 1 unspecified atom stereocenters. The van der Waals surface area contributed by atoms with Crippen LogP contribution in [0.5, 0.6) is 0 Å². The van der Waals surface area contributed by atoms with Gasteiger partial charge in [0.15, 0.2) is 6.10 Å². The van der Waals surface area contributed by atoms with Crippen molar-refractivity contribution in [1.82, 2.24) is 0 Å². The van der Waals surface area contributed by atoms with Crippen LogP contribution in [0.15, 0.2) is 109 Å². The normalized spacial score (nSPS) is 12.8. The van der Waals surface area contributed by atoms with Gasteiger partial charge < -0.3 is 14.2 Å². The van der Waals surface area contributed by atoms with Crippen molar-refractivity contribution in [3.8, 4) is 0 Å². The molecule has 0 aliphatic heterocycles. The summed E-state index contributed by atoms with van der Waals surface area (Å²) in [5, 5.41) is 0. The van der Waals surface area contributed by atoms with Gasteiger partial charge in [0.2, 0.25) is 0 Å². The van der Waals surface area contributed by atoms with E-state index in [1.54, 1.807) is 0 Å². The zero-order chi connectivity index (χ0) is 55.7. The van der Waals surface area contributed by atoms with Gasteiger partial charge in [0.1, 0.15) is 13.2 Å². The van der Waals surface area contributed by atoms with Crippen LogP contribution >= 0.6 is 0 Å². The molecule has 0 saturated carbocycles. The van der Waals surface area contributed by atoms with Crippen molar-refractivity contribution in [2.45, 2.75) is 309 Å². The van der Waals surface area contributed by atoms with Crippen molar-refractivity contribution >= 4 is 17.9 Å². The Bertz CT molecular complexity index is 1560. The minimum Gasteiger partial charge on any atom is -0.462 e. The van der Waals surface area contributed by atoms with Crippen molar-refractivity contribution < 1.29 is 28.6 Å². The number of carbonyl (C=O) groups is 3. The average Bonchev–Trinajstić information content (AvgIpc) is 3.43. The second-order valence-corrected chi connectivity index (χ2v) is 21.3. The van der Waals surface area contributed by atoms with Gasteiger partial charge in [-0.2, -0.15) is 0 Å². The summed E-state index contributed by atoms with van der Waals surface area (Å²) in [5.41, 5.74) is 0. The molecule has 0 heterocycles. The summed E-state index contributed by atoms with van der Waals surface area (Å²) in [4.78, 5) is 38.3. The zero-order valence-electron chi connectivity index (χ0n) is 50.4. The smallest absolute Gasteiger partial charge is 0.306 e. The number of esters is 3. The van der Waals surface area contributed by atoms with Gasteiger partial charge in [-0.1, -0.05) is 271 Å². The van der Waals surface area contributed by atoms with Crippen molar-refractivity contribution in [3.05, 3.63) is 109 Å². The molecule has 0 aliphatic carbocycles. The van der Waals surface area contributed by atoms with E-state index in [0.29, 0.717) is 19.3 Å². The Labute approximate surface area is 476 Å². The molecule has 6 nitrogen and oxygen atoms in total. The number of allylic oxidation sites excluding steroid dienone is 18. The number of hydrogen-bond acceptors (Lipinski definition) is 6. The number of ether oxygens (including phenoxy) is 3. The maximum atomic E-state index is 12.9. The maximum Gasteiger partial charge on any atom is 0.306 e. The van der Waals surface area contributed by atoms with Gasteiger partial charge in [-0.3, -0.25) is 14.4 Å². The molecule has 0 aliphatic rings. The number of unbranched alkanes of at least 4 members (excludes halogenated alkanes) is 29. The van der Waals surface area contributed by atoms with Crippen LogP contribution in [0.2, 0.25) is 0 Å². The highest BCUT2D eigenvalue weighted by atomic mass is 16.6. The molecule has 0 aromatic heterocycles. The fourth-order valence-electron chi connectivity index (χ4n) is 8.95. The highest BCUT2D eigenvalue weighted by Gasteiger charge is 2.19. The van der Waals surface area contributed by atoms with Crippen LogP contribution in [0.3, 0.4) is 0 Å². The summed E-state index contributed by atoms with van der Waals surface area (Å²) in [7, 11) is 0. The fourth-order valence-corrected chi connectivity index (χ4v) is 8.95. The van der Waals surface area contributed by atoms with Gasteiger partial charge in [-0.15, -0.1) is 0 Å². The van der Waals surface area contributed by atoms with Gasteiger partial charge in [0.05, 0.1) is 0 Å². The molecule has 0 rings (SSSR count). The summed E-state index contributed by atoms with van der Waals surface area (Å²) < 4.78 is 16.9. The summed E-state index contributed by atoms with van der Waals surface area (Å²) in [6, 6.07) is 0. The molecule has 0 bridgehead atoms. The summed E-state index contributed by atoms with van der Waals surface area (Å²) in [6.45, 7) is 6.40. The van der Waals surface area contributed by atoms with E-state index in [0.717, 1.165) is 116 Å². The minimum absolute atomic E-state index is 0.0907. The minimum atomic E-state index is -0.796. The molecule has 0 amide bonds. The molecule has 1 atom stereocenters. The standard InChI is InChI=1S/C71H120O6/c1-4-7-10-13-16-19-22-25-27-29-31-33-35-37-39-41-43-46-49-52-55-58-61-64-70(73)76-67-68(66-75-69(72)63-60-57-54-51-48-45-24-21-18-15-12-9-6-3)77-71(74)65-62-59-56-53-50-47-44-42-40-38-36-34-32-30-28-26-23-20-17-14-11-8-5-2/h7,9-10,12,16,18-19,21,23,25-27,30-33,45,48,68H,4-6,8,11,13-15,17,20,22,24,28-29,34-44,46-47,49-67H2,1-3H3/b10-7-,12-9-,19-16-,21-18-,26-23-,27-25-,32-30-,33-31-,48-45-. The topological polar surface area (TPSA) is 78.9 Å². The summed E-state index contributed by atoms with van der Waals surface area (Å²) in [6.07, 6.45) is 88.1. The van der Waals surface area contributed by atoms with Crippen LogP contribution in [0, 0.1) is 0 Å². The van der Waals surface area contributed by atoms with Crippen LogP contribution in [0.4, 0.5) is 0 Å². The molecule has 77 heavy (non-hydrogen) atoms. The monoisotopic (exact) mass is 1070 g/mol. The van der Waals surface area contributed by atoms with Crippen molar-refractivity contribution in [2.24, 2.45) is 0 Å². The van der Waals surface area contributed by atoms with Crippen LogP contribution < -0.4 is 0 Å². The zero-order valence-corrected chi connectivity index (χ0v) is 50.4. The molecule has 0 spiro atoms. The van der Waals surface area contributed by atoms with Crippen LogP contribution in [0.1, 0.15) is 303 Å². The Morgan fingerprint density at radius 3 is 0.805 bits per heavy atom. The van der Waals surface area contributed by atoms with E-state index in [-0.39, 0.29) is 31.1 Å². The molecule has 0 aromatic rings. The molecule has 440 valence electrons. The van der Waals surface area contributed by atoms with Gasteiger partial charge in [-0.05, 0) is 122 Å². The Morgan fingerprint density at radius 2 is 0.506 bits per heavy atom. The molecule has 0 N–H and O–H groups in total. The predicted octanol–water partition coefficient (Wildman–Crippen LogP) is 22.2. The first-order valence-electron chi connectivity index (χ1n) is 32.4. The second-order valence-electron chi connectivity index (χ2n) is 21.3. The van der Waals surface area contributed by atoms with Crippen LogP contribution in [0.25, 0.3) is 0 Å². The van der Waals surface area contributed by atoms with E-state index >= 15 is 0 Å². The first-order valence-corrected chi connectivity index (χ1v) is 32.4. The molecular weight excluding hydrogens is 949 g/mol. The Balaban J connectivity index is 4.35. The third-order valence-corrected chi connectivity index (χ3v) is 13.7. The van der Waals surface area contributed by atoms with E-state index in [9.17, 15) is 14.4 Å². The average molecular weight is 1070 g/mol. The van der Waals surface area contributed by atoms with Crippen molar-refractivity contribution in [1.29, 1.82) is 0 Å². The van der Waals surface area contributed by atoms with Gasteiger partial charge in [0, 0.05) is 19.3 Å². The third-order valence-electron chi connectivity index (χ3n) is 13.7.